The molecule has 1 aromatic carbocycles. The first-order valence-corrected chi connectivity index (χ1v) is 11.0. The highest BCUT2D eigenvalue weighted by Crippen LogP contribution is 2.32. The molecule has 2 aliphatic heterocycles. The average molecular weight is 424 g/mol. The van der Waals surface area contributed by atoms with E-state index in [-0.39, 0.29) is 12.7 Å². The summed E-state index contributed by atoms with van der Waals surface area (Å²) in [7, 11) is 0. The van der Waals surface area contributed by atoms with Crippen molar-refractivity contribution in [1.29, 1.82) is 0 Å². The number of nitrogens with zero attached hydrogens (tertiary/aromatic N) is 5. The van der Waals surface area contributed by atoms with E-state index >= 15 is 0 Å². The number of hydrogen-bond donors (Lipinski definition) is 1. The zero-order valence-corrected chi connectivity index (χ0v) is 18.1. The van der Waals surface area contributed by atoms with E-state index in [4.69, 9.17) is 9.47 Å². The maximum Gasteiger partial charge on any atom is 0.159 e. The molecule has 31 heavy (non-hydrogen) atoms. The molecule has 2 aromatic heterocycles. The van der Waals surface area contributed by atoms with Gasteiger partial charge in [0.2, 0.25) is 0 Å². The summed E-state index contributed by atoms with van der Waals surface area (Å²) in [6, 6.07) is 6.44. The zero-order chi connectivity index (χ0) is 21.4. The molecule has 1 unspecified atom stereocenters. The van der Waals surface area contributed by atoms with Crippen LogP contribution in [0.4, 0.5) is 5.82 Å². The highest BCUT2D eigenvalue weighted by molar-refractivity contribution is 5.82. The molecule has 2 fully saturated rings. The van der Waals surface area contributed by atoms with Gasteiger partial charge < -0.3 is 19.5 Å². The lowest BCUT2D eigenvalue weighted by Gasteiger charge is -2.33. The molecule has 1 N–H and O–H groups in total. The number of aliphatic hydroxyl groups is 1. The quantitative estimate of drug-likeness (QED) is 0.690. The Morgan fingerprint density at radius 3 is 2.81 bits per heavy atom. The van der Waals surface area contributed by atoms with E-state index < -0.39 is 0 Å². The van der Waals surface area contributed by atoms with Gasteiger partial charge in [0.1, 0.15) is 11.6 Å². The minimum absolute atomic E-state index is 0.00419. The summed E-state index contributed by atoms with van der Waals surface area (Å²) in [5, 5.41) is 15.2. The number of aryl methyl sites for hydroxylation is 2. The molecule has 2 atom stereocenters. The summed E-state index contributed by atoms with van der Waals surface area (Å²) in [4.78, 5) is 11.5. The third kappa shape index (κ3) is 4.03. The van der Waals surface area contributed by atoms with Crippen LogP contribution in [0.15, 0.2) is 24.4 Å². The first kappa shape index (κ1) is 20.4. The lowest BCUT2D eigenvalue weighted by atomic mass is 9.89. The van der Waals surface area contributed by atoms with Crippen LogP contribution in [0.5, 0.6) is 0 Å². The highest BCUT2D eigenvalue weighted by Gasteiger charge is 2.23. The van der Waals surface area contributed by atoms with Gasteiger partial charge in [0.05, 0.1) is 37.6 Å². The van der Waals surface area contributed by atoms with E-state index in [0.29, 0.717) is 24.9 Å². The van der Waals surface area contributed by atoms with Gasteiger partial charge in [-0.05, 0) is 49.9 Å². The minimum atomic E-state index is -0.193. The van der Waals surface area contributed by atoms with E-state index in [0.717, 1.165) is 55.1 Å². The number of fused-ring (bicyclic) bond motifs is 1. The van der Waals surface area contributed by atoms with Gasteiger partial charge in [-0.1, -0.05) is 0 Å². The van der Waals surface area contributed by atoms with Crippen molar-refractivity contribution in [2.24, 2.45) is 0 Å². The monoisotopic (exact) mass is 423 g/mol. The van der Waals surface area contributed by atoms with Crippen LogP contribution in [-0.4, -0.2) is 70.5 Å². The molecule has 8 heteroatoms. The molecular formula is C23H29N5O3. The third-order valence-corrected chi connectivity index (χ3v) is 6.25. The van der Waals surface area contributed by atoms with Crippen LogP contribution < -0.4 is 4.90 Å². The molecule has 3 aromatic rings. The van der Waals surface area contributed by atoms with Crippen LogP contribution in [0.3, 0.4) is 0 Å². The molecule has 5 rings (SSSR count). The van der Waals surface area contributed by atoms with Crippen molar-refractivity contribution in [2.75, 3.05) is 44.4 Å². The number of anilines is 1. The second kappa shape index (κ2) is 8.53. The third-order valence-electron chi connectivity index (χ3n) is 6.25. The second-order valence-electron chi connectivity index (χ2n) is 8.49. The Morgan fingerprint density at radius 1 is 1.13 bits per heavy atom. The fourth-order valence-corrected chi connectivity index (χ4v) is 4.66. The second-order valence-corrected chi connectivity index (χ2v) is 8.49. The molecule has 2 aliphatic rings. The van der Waals surface area contributed by atoms with Crippen molar-refractivity contribution in [3.8, 4) is 5.82 Å². The summed E-state index contributed by atoms with van der Waals surface area (Å²) in [5.41, 5.74) is 3.66. The van der Waals surface area contributed by atoms with E-state index in [1.54, 1.807) is 0 Å². The van der Waals surface area contributed by atoms with E-state index in [2.05, 4.69) is 39.0 Å². The number of benzene rings is 1. The van der Waals surface area contributed by atoms with Crippen molar-refractivity contribution in [3.63, 3.8) is 0 Å². The summed E-state index contributed by atoms with van der Waals surface area (Å²) in [5.74, 6) is 2.70. The molecule has 0 radical (unpaired) electrons. The largest absolute Gasteiger partial charge is 0.394 e. The van der Waals surface area contributed by atoms with Crippen LogP contribution in [0, 0.1) is 13.8 Å². The van der Waals surface area contributed by atoms with Crippen molar-refractivity contribution in [1.82, 2.24) is 19.7 Å². The molecule has 0 saturated carbocycles. The Hall–Kier alpha value is -2.55. The van der Waals surface area contributed by atoms with Crippen molar-refractivity contribution >= 4 is 16.7 Å². The first-order valence-electron chi connectivity index (χ1n) is 11.0. The van der Waals surface area contributed by atoms with E-state index in [1.165, 1.54) is 11.1 Å². The summed E-state index contributed by atoms with van der Waals surface area (Å²) in [6.07, 6.45) is 3.96. The predicted molar refractivity (Wildman–Crippen MR) is 118 cm³/mol. The van der Waals surface area contributed by atoms with Gasteiger partial charge in [0.15, 0.2) is 5.82 Å². The van der Waals surface area contributed by atoms with Crippen LogP contribution in [0.1, 0.15) is 35.7 Å². The molecule has 8 nitrogen and oxygen atoms in total. The van der Waals surface area contributed by atoms with Crippen LogP contribution in [-0.2, 0) is 9.47 Å². The normalized spacial score (nSPS) is 22.2. The van der Waals surface area contributed by atoms with Crippen LogP contribution in [0.25, 0.3) is 16.7 Å². The number of ether oxygens (including phenoxy) is 2. The maximum absolute atomic E-state index is 9.48. The Morgan fingerprint density at radius 2 is 2.00 bits per heavy atom. The molecular weight excluding hydrogens is 394 g/mol. The van der Waals surface area contributed by atoms with Gasteiger partial charge in [-0.15, -0.1) is 0 Å². The first-order chi connectivity index (χ1) is 15.1. The topological polar surface area (TPSA) is 85.5 Å². The smallest absolute Gasteiger partial charge is 0.159 e. The number of aromatic nitrogens is 4. The van der Waals surface area contributed by atoms with Gasteiger partial charge >= 0.3 is 0 Å². The van der Waals surface area contributed by atoms with Gasteiger partial charge in [0, 0.05) is 37.1 Å². The lowest BCUT2D eigenvalue weighted by Crippen LogP contribution is -2.44. The highest BCUT2D eigenvalue weighted by atomic mass is 16.5. The van der Waals surface area contributed by atoms with Gasteiger partial charge in [-0.3, -0.25) is 0 Å². The minimum Gasteiger partial charge on any atom is -0.394 e. The molecule has 0 aliphatic carbocycles. The molecule has 0 amide bonds. The summed E-state index contributed by atoms with van der Waals surface area (Å²) in [6.45, 7) is 7.62. The van der Waals surface area contributed by atoms with Crippen molar-refractivity contribution in [2.45, 2.75) is 38.7 Å². The van der Waals surface area contributed by atoms with Crippen molar-refractivity contribution in [3.05, 3.63) is 41.3 Å². The Kier molecular flexibility index (Phi) is 5.60. The fourth-order valence-electron chi connectivity index (χ4n) is 4.66. The summed E-state index contributed by atoms with van der Waals surface area (Å²) >= 11 is 0. The van der Waals surface area contributed by atoms with Crippen LogP contribution in [0.2, 0.25) is 0 Å². The van der Waals surface area contributed by atoms with Crippen LogP contribution >= 0.6 is 0 Å². The Balaban J connectivity index is 1.54. The Bertz CT molecular complexity index is 1080. The predicted octanol–water partition coefficient (Wildman–Crippen LogP) is 2.52. The SMILES string of the molecule is Cc1nc(N2CCO[C@@H](CO)C2)cc(-n2ncc3cc(C)c(C4CCCOC4)cc32)n1. The van der Waals surface area contributed by atoms with Crippen molar-refractivity contribution < 1.29 is 14.6 Å². The molecule has 0 bridgehead atoms. The molecule has 2 saturated heterocycles. The van der Waals surface area contributed by atoms with E-state index in [1.807, 2.05) is 23.9 Å². The number of hydrogen-bond acceptors (Lipinski definition) is 7. The number of aliphatic hydroxyl groups excluding tert-OH is 1. The van der Waals surface area contributed by atoms with Gasteiger partial charge in [-0.25, -0.2) is 14.6 Å². The average Bonchev–Trinajstić information content (AvgIpc) is 3.21. The zero-order valence-electron chi connectivity index (χ0n) is 18.1. The Labute approximate surface area is 181 Å². The summed E-state index contributed by atoms with van der Waals surface area (Å²) < 4.78 is 13.2. The fraction of sp³-hybridized carbons (Fsp3) is 0.522. The number of rotatable bonds is 4. The number of morpholine rings is 1. The maximum atomic E-state index is 9.48. The molecule has 164 valence electrons. The van der Waals surface area contributed by atoms with E-state index in [9.17, 15) is 5.11 Å². The lowest BCUT2D eigenvalue weighted by molar-refractivity contribution is 0.00335. The molecule has 0 spiro atoms. The molecule has 4 heterocycles. The van der Waals surface area contributed by atoms with Gasteiger partial charge in [-0.2, -0.15) is 5.10 Å². The van der Waals surface area contributed by atoms with Gasteiger partial charge in [0.25, 0.3) is 0 Å². The standard InChI is InChI=1S/C23H29N5O3/c1-15-8-18-11-24-28(21(18)9-20(15)17-4-3-6-30-14-17)23-10-22(25-16(2)26-23)27-5-7-31-19(12-27)13-29/h8-11,17,19,29H,3-7,12-14H2,1-2H3/t17?,19-/m1/s1.